The summed E-state index contributed by atoms with van der Waals surface area (Å²) in [4.78, 5) is 13.5. The summed E-state index contributed by atoms with van der Waals surface area (Å²) in [5, 5.41) is 12.7. The highest BCUT2D eigenvalue weighted by Crippen LogP contribution is 2.30. The predicted octanol–water partition coefficient (Wildman–Crippen LogP) is 2.72. The molecule has 0 aliphatic rings. The average Bonchev–Trinajstić information content (AvgIpc) is 2.75. The number of fused-ring (bicyclic) bond motifs is 3. The largest absolute Gasteiger partial charge is 0.398 e. The zero-order chi connectivity index (χ0) is 13.4. The third kappa shape index (κ3) is 1.89. The monoisotopic (exact) mass is 255 g/mol. The van der Waals surface area contributed by atoms with Gasteiger partial charge in [-0.1, -0.05) is 24.3 Å². The molecule has 0 bridgehead atoms. The van der Waals surface area contributed by atoms with E-state index in [1.165, 1.54) is 0 Å². The van der Waals surface area contributed by atoms with E-state index in [1.807, 2.05) is 36.4 Å². The molecule has 3 aromatic rings. The molecule has 0 aliphatic carbocycles. The maximum atomic E-state index is 10.5. The predicted molar refractivity (Wildman–Crippen MR) is 75.8 cm³/mol. The lowest BCUT2D eigenvalue weighted by atomic mass is 10.0. The first-order chi connectivity index (χ1) is 9.16. The first-order valence-electron chi connectivity index (χ1n) is 6.06. The number of anilines is 1. The number of aromatic amines is 1. The van der Waals surface area contributed by atoms with Crippen LogP contribution in [0.2, 0.25) is 0 Å². The van der Waals surface area contributed by atoms with Crippen molar-refractivity contribution in [2.45, 2.75) is 6.42 Å². The summed E-state index contributed by atoms with van der Waals surface area (Å²) in [6.45, 7) is -0.112. The lowest BCUT2D eigenvalue weighted by Gasteiger charge is -2.04. The van der Waals surface area contributed by atoms with Gasteiger partial charge in [-0.25, -0.2) is 0 Å². The summed E-state index contributed by atoms with van der Waals surface area (Å²) < 4.78 is 0. The highest BCUT2D eigenvalue weighted by Gasteiger charge is 2.12. The van der Waals surface area contributed by atoms with Gasteiger partial charge in [0.1, 0.15) is 0 Å². The molecule has 5 nitrogen and oxygen atoms in total. The minimum absolute atomic E-state index is 0.112. The number of rotatable bonds is 3. The summed E-state index contributed by atoms with van der Waals surface area (Å²) in [6.07, 6.45) is 0.336. The van der Waals surface area contributed by atoms with Crippen molar-refractivity contribution < 1.29 is 4.92 Å². The van der Waals surface area contributed by atoms with Crippen molar-refractivity contribution in [3.05, 3.63) is 52.1 Å². The Hall–Kier alpha value is -2.56. The van der Waals surface area contributed by atoms with Gasteiger partial charge in [-0.2, -0.15) is 0 Å². The molecule has 0 aliphatic heterocycles. The minimum atomic E-state index is -0.319. The molecule has 1 aromatic heterocycles. The van der Waals surface area contributed by atoms with Gasteiger partial charge < -0.3 is 10.7 Å². The molecule has 0 unspecified atom stereocenters. The van der Waals surface area contributed by atoms with Gasteiger partial charge >= 0.3 is 0 Å². The van der Waals surface area contributed by atoms with Gasteiger partial charge in [0.15, 0.2) is 0 Å². The summed E-state index contributed by atoms with van der Waals surface area (Å²) in [5.74, 6) is 0. The van der Waals surface area contributed by atoms with Crippen LogP contribution in [0.1, 0.15) is 5.56 Å². The fourth-order valence-electron chi connectivity index (χ4n) is 2.47. The Kier molecular flexibility index (Phi) is 2.59. The van der Waals surface area contributed by atoms with Gasteiger partial charge in [-0.05, 0) is 12.1 Å². The highest BCUT2D eigenvalue weighted by atomic mass is 16.6. The first kappa shape index (κ1) is 11.5. The van der Waals surface area contributed by atoms with E-state index in [4.69, 9.17) is 5.73 Å². The smallest absolute Gasteiger partial charge is 0.208 e. The Morgan fingerprint density at radius 2 is 1.95 bits per heavy atom. The molecule has 0 radical (unpaired) electrons. The van der Waals surface area contributed by atoms with Crippen LogP contribution < -0.4 is 5.73 Å². The van der Waals surface area contributed by atoms with Crippen LogP contribution in [0.5, 0.6) is 0 Å². The van der Waals surface area contributed by atoms with E-state index < -0.39 is 0 Å². The highest BCUT2D eigenvalue weighted by molar-refractivity contribution is 6.09. The zero-order valence-electron chi connectivity index (χ0n) is 10.2. The van der Waals surface area contributed by atoms with Crippen molar-refractivity contribution in [1.29, 1.82) is 0 Å². The lowest BCUT2D eigenvalue weighted by molar-refractivity contribution is -0.479. The van der Waals surface area contributed by atoms with Crippen LogP contribution in [-0.2, 0) is 6.42 Å². The molecule has 0 amide bonds. The number of nitrogens with zero attached hydrogens (tertiary/aromatic N) is 1. The fourth-order valence-corrected chi connectivity index (χ4v) is 2.47. The van der Waals surface area contributed by atoms with E-state index in [9.17, 15) is 10.1 Å². The Morgan fingerprint density at radius 1 is 1.16 bits per heavy atom. The van der Waals surface area contributed by atoms with E-state index in [0.717, 1.165) is 27.4 Å². The van der Waals surface area contributed by atoms with Gasteiger partial charge in [0.25, 0.3) is 0 Å². The standard InChI is InChI=1S/C14H13N3O2/c15-12-6-5-10-9-3-1-2-4-13(9)16-14(10)11(12)7-8-17(18)19/h1-6,16H,7-8,15H2. The maximum absolute atomic E-state index is 10.5. The molecular formula is C14H13N3O2. The molecule has 0 saturated carbocycles. The van der Waals surface area contributed by atoms with E-state index in [1.54, 1.807) is 0 Å². The molecule has 3 rings (SSSR count). The number of aromatic nitrogens is 1. The van der Waals surface area contributed by atoms with Crippen molar-refractivity contribution in [2.75, 3.05) is 12.3 Å². The van der Waals surface area contributed by atoms with Crippen molar-refractivity contribution in [3.8, 4) is 0 Å². The normalized spacial score (nSPS) is 11.2. The van der Waals surface area contributed by atoms with Crippen LogP contribution in [0, 0.1) is 10.1 Å². The summed E-state index contributed by atoms with van der Waals surface area (Å²) in [6, 6.07) is 11.7. The number of nitrogens with one attached hydrogen (secondary N) is 1. The topological polar surface area (TPSA) is 85.0 Å². The number of nitrogens with two attached hydrogens (primary N) is 1. The molecule has 0 spiro atoms. The van der Waals surface area contributed by atoms with Crippen LogP contribution in [-0.4, -0.2) is 16.5 Å². The molecule has 19 heavy (non-hydrogen) atoms. The van der Waals surface area contributed by atoms with Gasteiger partial charge in [0.2, 0.25) is 6.54 Å². The quantitative estimate of drug-likeness (QED) is 0.428. The molecule has 5 heteroatoms. The summed E-state index contributed by atoms with van der Waals surface area (Å²) in [5.41, 5.74) is 9.30. The van der Waals surface area contributed by atoms with Crippen molar-refractivity contribution in [1.82, 2.24) is 4.98 Å². The Bertz CT molecular complexity index is 777. The Morgan fingerprint density at radius 3 is 2.74 bits per heavy atom. The molecule has 0 saturated heterocycles. The molecular weight excluding hydrogens is 242 g/mol. The second-order valence-electron chi connectivity index (χ2n) is 4.53. The second-order valence-corrected chi connectivity index (χ2v) is 4.53. The summed E-state index contributed by atoms with van der Waals surface area (Å²) in [7, 11) is 0. The van der Waals surface area contributed by atoms with E-state index in [0.29, 0.717) is 12.1 Å². The van der Waals surface area contributed by atoms with E-state index in [-0.39, 0.29) is 11.5 Å². The van der Waals surface area contributed by atoms with Gasteiger partial charge in [-0.3, -0.25) is 10.1 Å². The SMILES string of the molecule is Nc1ccc2c([nH]c3ccccc32)c1CC[N+](=O)[O-]. The number of H-pyrrole nitrogens is 1. The van der Waals surface area contributed by atoms with Crippen LogP contribution in [0.3, 0.4) is 0 Å². The second kappa shape index (κ2) is 4.28. The molecule has 1 heterocycles. The third-order valence-corrected chi connectivity index (χ3v) is 3.37. The van der Waals surface area contributed by atoms with Gasteiger partial charge in [-0.15, -0.1) is 0 Å². The van der Waals surface area contributed by atoms with Crippen LogP contribution in [0.4, 0.5) is 5.69 Å². The number of benzene rings is 2. The first-order valence-corrected chi connectivity index (χ1v) is 6.06. The maximum Gasteiger partial charge on any atom is 0.208 e. The van der Waals surface area contributed by atoms with Crippen LogP contribution in [0.25, 0.3) is 21.8 Å². The van der Waals surface area contributed by atoms with E-state index >= 15 is 0 Å². The average molecular weight is 255 g/mol. The molecule has 3 N–H and O–H groups in total. The lowest BCUT2D eigenvalue weighted by Crippen LogP contribution is -2.06. The molecule has 96 valence electrons. The number of nitro groups is 1. The third-order valence-electron chi connectivity index (χ3n) is 3.37. The molecule has 2 aromatic carbocycles. The van der Waals surface area contributed by atoms with E-state index in [2.05, 4.69) is 4.98 Å². The number of nitrogen functional groups attached to an aromatic ring is 1. The number of hydrogen-bond acceptors (Lipinski definition) is 3. The minimum Gasteiger partial charge on any atom is -0.398 e. The van der Waals surface area contributed by atoms with Crippen molar-refractivity contribution in [2.24, 2.45) is 0 Å². The number of hydrogen-bond donors (Lipinski definition) is 2. The summed E-state index contributed by atoms with van der Waals surface area (Å²) >= 11 is 0. The fraction of sp³-hybridized carbons (Fsp3) is 0.143. The molecule has 0 atom stereocenters. The van der Waals surface area contributed by atoms with Gasteiger partial charge in [0, 0.05) is 38.9 Å². The van der Waals surface area contributed by atoms with Gasteiger partial charge in [0.05, 0.1) is 5.52 Å². The Balaban J connectivity index is 2.24. The van der Waals surface area contributed by atoms with Crippen LogP contribution >= 0.6 is 0 Å². The van der Waals surface area contributed by atoms with Crippen molar-refractivity contribution in [3.63, 3.8) is 0 Å². The number of para-hydroxylation sites is 1. The molecule has 0 fully saturated rings. The Labute approximate surface area is 109 Å². The zero-order valence-corrected chi connectivity index (χ0v) is 10.2. The van der Waals surface area contributed by atoms with Crippen LogP contribution in [0.15, 0.2) is 36.4 Å². The van der Waals surface area contributed by atoms with Crippen molar-refractivity contribution >= 4 is 27.5 Å².